The number of thioether (sulfide) groups is 1. The molecule has 106 valence electrons. The first-order valence-corrected chi connectivity index (χ1v) is 7.52. The van der Waals surface area contributed by atoms with E-state index in [0.29, 0.717) is 6.54 Å². The molecule has 0 aromatic heterocycles. The number of hydrogen-bond donors (Lipinski definition) is 1. The molecule has 0 heterocycles. The molecule has 1 nitrogen and oxygen atoms in total. The zero-order valence-corrected chi connectivity index (χ0v) is 12.1. The van der Waals surface area contributed by atoms with Gasteiger partial charge < -0.3 is 5.32 Å². The summed E-state index contributed by atoms with van der Waals surface area (Å²) in [6, 6.07) is 14.6. The summed E-state index contributed by atoms with van der Waals surface area (Å²) < 4.78 is 24.9. The van der Waals surface area contributed by atoms with E-state index in [1.807, 2.05) is 18.2 Å². The van der Waals surface area contributed by atoms with E-state index in [2.05, 4.69) is 18.3 Å². The van der Waals surface area contributed by atoms with Gasteiger partial charge in [-0.2, -0.15) is 0 Å². The summed E-state index contributed by atoms with van der Waals surface area (Å²) in [6.45, 7) is 2.75. The molecule has 20 heavy (non-hydrogen) atoms. The van der Waals surface area contributed by atoms with Crippen LogP contribution in [0.5, 0.6) is 0 Å². The predicted molar refractivity (Wildman–Crippen MR) is 81.6 cm³/mol. The van der Waals surface area contributed by atoms with Crippen LogP contribution in [0.3, 0.4) is 0 Å². The summed E-state index contributed by atoms with van der Waals surface area (Å²) in [5.41, 5.74) is 2.14. The van der Waals surface area contributed by atoms with Crippen LogP contribution in [0.25, 0.3) is 0 Å². The number of rotatable bonds is 6. The van der Waals surface area contributed by atoms with E-state index in [9.17, 15) is 8.78 Å². The van der Waals surface area contributed by atoms with Gasteiger partial charge in [-0.05, 0) is 23.4 Å². The van der Waals surface area contributed by atoms with Gasteiger partial charge >= 0.3 is 0 Å². The number of halogens is 2. The normalized spacial score (nSPS) is 10.8. The van der Waals surface area contributed by atoms with Crippen molar-refractivity contribution < 1.29 is 8.78 Å². The van der Waals surface area contributed by atoms with Crippen LogP contribution in [0.2, 0.25) is 0 Å². The Hall–Kier alpha value is -1.55. The Morgan fingerprint density at radius 2 is 1.75 bits per heavy atom. The van der Waals surface area contributed by atoms with Crippen LogP contribution in [-0.2, 0) is 6.54 Å². The third-order valence-corrected chi connectivity index (χ3v) is 3.86. The average molecular weight is 293 g/mol. The maximum Gasteiger partial charge on any atom is 0.263 e. The third kappa shape index (κ3) is 3.97. The molecule has 0 saturated carbocycles. The lowest BCUT2D eigenvalue weighted by molar-refractivity contribution is 0.151. The van der Waals surface area contributed by atoms with E-state index < -0.39 is 6.43 Å². The summed E-state index contributed by atoms with van der Waals surface area (Å²) in [5, 5.41) is 3.35. The predicted octanol–water partition coefficient (Wildman–Crippen LogP) is 5.35. The molecule has 0 amide bonds. The van der Waals surface area contributed by atoms with Gasteiger partial charge in [0.05, 0.1) is 0 Å². The fourth-order valence-electron chi connectivity index (χ4n) is 1.87. The van der Waals surface area contributed by atoms with Crippen molar-refractivity contribution in [2.45, 2.75) is 24.8 Å². The molecule has 0 aliphatic rings. The van der Waals surface area contributed by atoms with Crippen molar-refractivity contribution in [3.8, 4) is 0 Å². The van der Waals surface area contributed by atoms with Gasteiger partial charge in [0.2, 0.25) is 0 Å². The number of anilines is 1. The Balaban J connectivity index is 2.01. The molecule has 0 radical (unpaired) electrons. The topological polar surface area (TPSA) is 12.0 Å². The SMILES string of the molecule is CCSc1ccccc1NCc1ccc(C(F)F)cc1. The van der Waals surface area contributed by atoms with Gasteiger partial charge in [-0.25, -0.2) is 8.78 Å². The molecule has 2 aromatic rings. The number of benzene rings is 2. The van der Waals surface area contributed by atoms with Crippen LogP contribution in [-0.4, -0.2) is 5.75 Å². The quantitative estimate of drug-likeness (QED) is 0.721. The number of hydrogen-bond acceptors (Lipinski definition) is 2. The molecule has 0 fully saturated rings. The van der Waals surface area contributed by atoms with Gasteiger partial charge in [-0.3, -0.25) is 0 Å². The van der Waals surface area contributed by atoms with Crippen LogP contribution in [0, 0.1) is 0 Å². The second-order valence-corrected chi connectivity index (χ2v) is 5.63. The van der Waals surface area contributed by atoms with Gasteiger partial charge in [0.1, 0.15) is 0 Å². The Morgan fingerprint density at radius 1 is 1.05 bits per heavy atom. The molecule has 1 N–H and O–H groups in total. The number of para-hydroxylation sites is 1. The second-order valence-electron chi connectivity index (χ2n) is 4.33. The minimum absolute atomic E-state index is 0.0655. The smallest absolute Gasteiger partial charge is 0.263 e. The molecule has 0 spiro atoms. The van der Waals surface area contributed by atoms with Crippen molar-refractivity contribution in [3.05, 3.63) is 59.7 Å². The highest BCUT2D eigenvalue weighted by molar-refractivity contribution is 7.99. The molecule has 2 rings (SSSR count). The number of nitrogens with one attached hydrogen (secondary N) is 1. The van der Waals surface area contributed by atoms with E-state index in [0.717, 1.165) is 17.0 Å². The minimum Gasteiger partial charge on any atom is -0.380 e. The van der Waals surface area contributed by atoms with Crippen LogP contribution in [0.1, 0.15) is 24.5 Å². The van der Waals surface area contributed by atoms with Crippen molar-refractivity contribution in [2.24, 2.45) is 0 Å². The fourth-order valence-corrected chi connectivity index (χ4v) is 2.65. The summed E-state index contributed by atoms with van der Waals surface area (Å²) in [6.07, 6.45) is -2.40. The lowest BCUT2D eigenvalue weighted by atomic mass is 10.1. The third-order valence-electron chi connectivity index (χ3n) is 2.90. The van der Waals surface area contributed by atoms with Crippen LogP contribution in [0.15, 0.2) is 53.4 Å². The molecule has 0 atom stereocenters. The van der Waals surface area contributed by atoms with E-state index in [4.69, 9.17) is 0 Å². The zero-order valence-electron chi connectivity index (χ0n) is 11.3. The van der Waals surface area contributed by atoms with E-state index in [1.54, 1.807) is 23.9 Å². The Kier molecular flexibility index (Phi) is 5.41. The lowest BCUT2D eigenvalue weighted by Crippen LogP contribution is -2.00. The van der Waals surface area contributed by atoms with Gasteiger partial charge in [-0.1, -0.05) is 43.3 Å². The van der Waals surface area contributed by atoms with Crippen LogP contribution in [0.4, 0.5) is 14.5 Å². The molecule has 0 aliphatic carbocycles. The molecule has 0 saturated heterocycles. The van der Waals surface area contributed by atoms with E-state index in [-0.39, 0.29) is 5.56 Å². The van der Waals surface area contributed by atoms with Crippen molar-refractivity contribution in [2.75, 3.05) is 11.1 Å². The Morgan fingerprint density at radius 3 is 2.40 bits per heavy atom. The highest BCUT2D eigenvalue weighted by atomic mass is 32.2. The first-order chi connectivity index (χ1) is 9.70. The fraction of sp³-hybridized carbons (Fsp3) is 0.250. The van der Waals surface area contributed by atoms with Gasteiger partial charge in [0.25, 0.3) is 6.43 Å². The van der Waals surface area contributed by atoms with Crippen LogP contribution < -0.4 is 5.32 Å². The first-order valence-electron chi connectivity index (χ1n) is 6.53. The largest absolute Gasteiger partial charge is 0.380 e. The molecule has 0 aliphatic heterocycles. The maximum absolute atomic E-state index is 12.5. The van der Waals surface area contributed by atoms with Crippen molar-refractivity contribution in [3.63, 3.8) is 0 Å². The zero-order chi connectivity index (χ0) is 14.4. The van der Waals surface area contributed by atoms with Crippen molar-refractivity contribution in [1.82, 2.24) is 0 Å². The van der Waals surface area contributed by atoms with Crippen LogP contribution >= 0.6 is 11.8 Å². The molecule has 0 unspecified atom stereocenters. The molecular formula is C16H17F2NS. The summed E-state index contributed by atoms with van der Waals surface area (Å²) >= 11 is 1.78. The highest BCUT2D eigenvalue weighted by Gasteiger charge is 2.06. The first kappa shape index (κ1) is 14.9. The Bertz CT molecular complexity index is 540. The summed E-state index contributed by atoms with van der Waals surface area (Å²) in [5.74, 6) is 1.02. The van der Waals surface area contributed by atoms with Gasteiger partial charge in [0, 0.05) is 22.7 Å². The van der Waals surface area contributed by atoms with Crippen molar-refractivity contribution >= 4 is 17.4 Å². The van der Waals surface area contributed by atoms with E-state index >= 15 is 0 Å². The van der Waals surface area contributed by atoms with Crippen molar-refractivity contribution in [1.29, 1.82) is 0 Å². The molecule has 4 heteroatoms. The number of alkyl halides is 2. The molecular weight excluding hydrogens is 276 g/mol. The second kappa shape index (κ2) is 7.29. The molecule has 0 bridgehead atoms. The maximum atomic E-state index is 12.5. The Labute approximate surface area is 122 Å². The summed E-state index contributed by atoms with van der Waals surface area (Å²) in [7, 11) is 0. The molecule has 2 aromatic carbocycles. The lowest BCUT2D eigenvalue weighted by Gasteiger charge is -2.11. The highest BCUT2D eigenvalue weighted by Crippen LogP contribution is 2.27. The standard InChI is InChI=1S/C16H17F2NS/c1-2-20-15-6-4-3-5-14(15)19-11-12-7-9-13(10-8-12)16(17)18/h3-10,16,19H,2,11H2,1H3. The van der Waals surface area contributed by atoms with Gasteiger partial charge in [-0.15, -0.1) is 11.8 Å². The summed E-state index contributed by atoms with van der Waals surface area (Å²) in [4.78, 5) is 1.21. The van der Waals surface area contributed by atoms with E-state index in [1.165, 1.54) is 17.0 Å². The average Bonchev–Trinajstić information content (AvgIpc) is 2.47. The monoisotopic (exact) mass is 293 g/mol. The minimum atomic E-state index is -2.40. The van der Waals surface area contributed by atoms with Gasteiger partial charge in [0.15, 0.2) is 0 Å².